The monoisotopic (exact) mass is 428 g/mol. The number of hydrogen-bond acceptors (Lipinski definition) is 7. The number of aromatic nitrogens is 4. The van der Waals surface area contributed by atoms with E-state index in [9.17, 15) is 9.90 Å². The van der Waals surface area contributed by atoms with E-state index in [1.54, 1.807) is 24.7 Å². The average Bonchev–Trinajstić information content (AvgIpc) is 2.80. The Morgan fingerprint density at radius 1 is 1.16 bits per heavy atom. The molecule has 3 N–H and O–H groups in total. The number of pyridine rings is 4. The van der Waals surface area contributed by atoms with Crippen LogP contribution in [0.1, 0.15) is 18.4 Å². The number of aliphatic hydroxyl groups is 1. The molecule has 0 saturated carbocycles. The topological polar surface area (TPSA) is 107 Å². The second-order valence-corrected chi connectivity index (χ2v) is 8.06. The van der Waals surface area contributed by atoms with E-state index in [4.69, 9.17) is 4.98 Å². The lowest BCUT2D eigenvalue weighted by atomic mass is 10.1. The molecule has 8 nitrogen and oxygen atoms in total. The Labute approximate surface area is 185 Å². The fraction of sp³-hybridized carbons (Fsp3) is 0.250. The van der Waals surface area contributed by atoms with Crippen LogP contribution in [0.15, 0.2) is 59.9 Å². The van der Waals surface area contributed by atoms with Crippen LogP contribution in [0.2, 0.25) is 0 Å². The van der Waals surface area contributed by atoms with Gasteiger partial charge in [-0.05, 0) is 55.7 Å². The molecule has 162 valence electrons. The van der Waals surface area contributed by atoms with E-state index in [-0.39, 0.29) is 11.7 Å². The number of aliphatic hydroxyl groups excluding tert-OH is 1. The van der Waals surface area contributed by atoms with Gasteiger partial charge in [-0.3, -0.25) is 9.78 Å². The summed E-state index contributed by atoms with van der Waals surface area (Å²) in [5.74, 6) is 0.638. The third kappa shape index (κ3) is 3.92. The number of nitrogens with zero attached hydrogens (tertiary/aromatic N) is 4. The summed E-state index contributed by atoms with van der Waals surface area (Å²) in [6, 6.07) is 9.50. The molecule has 0 bridgehead atoms. The molecule has 1 aliphatic rings. The van der Waals surface area contributed by atoms with Crippen molar-refractivity contribution >= 4 is 28.1 Å². The molecule has 5 heterocycles. The first-order valence-corrected chi connectivity index (χ1v) is 10.7. The standard InChI is InChI=1S/C24H24N6O2/c1-15-13-25-8-4-18(15)20-12-21(23-19(28-20)5-9-26-24(23)32)29-22-3-2-16(14-27-22)30-10-6-17(31)7-11-30/h2-5,8-9,12-14,17,31H,6-7,10-11H2,1H3,(H,26,32)(H,27,28,29). The molecule has 8 heteroatoms. The number of H-pyrrole nitrogens is 1. The summed E-state index contributed by atoms with van der Waals surface area (Å²) >= 11 is 0. The molecule has 0 unspecified atom stereocenters. The fourth-order valence-corrected chi connectivity index (χ4v) is 4.10. The van der Waals surface area contributed by atoms with Crippen molar-refractivity contribution in [1.82, 2.24) is 19.9 Å². The van der Waals surface area contributed by atoms with Crippen molar-refractivity contribution < 1.29 is 5.11 Å². The van der Waals surface area contributed by atoms with Crippen LogP contribution in [0.25, 0.3) is 22.2 Å². The Balaban J connectivity index is 1.51. The van der Waals surface area contributed by atoms with Crippen molar-refractivity contribution in [1.29, 1.82) is 0 Å². The second kappa shape index (κ2) is 8.39. The third-order valence-corrected chi connectivity index (χ3v) is 5.87. The number of aryl methyl sites for hydroxylation is 1. The number of anilines is 3. The molecule has 1 fully saturated rings. The predicted molar refractivity (Wildman–Crippen MR) is 125 cm³/mol. The van der Waals surface area contributed by atoms with Crippen LogP contribution < -0.4 is 15.8 Å². The zero-order valence-electron chi connectivity index (χ0n) is 17.7. The summed E-state index contributed by atoms with van der Waals surface area (Å²) in [6.07, 6.45) is 8.28. The number of hydrogen-bond donors (Lipinski definition) is 3. The molecule has 0 atom stereocenters. The van der Waals surface area contributed by atoms with Gasteiger partial charge in [0.15, 0.2) is 0 Å². The molecule has 0 aromatic carbocycles. The van der Waals surface area contributed by atoms with Crippen molar-refractivity contribution in [3.8, 4) is 11.3 Å². The molecule has 5 rings (SSSR count). The van der Waals surface area contributed by atoms with Gasteiger partial charge in [-0.25, -0.2) is 9.97 Å². The molecule has 0 aliphatic carbocycles. The van der Waals surface area contributed by atoms with E-state index < -0.39 is 0 Å². The number of rotatable bonds is 4. The molecule has 1 aliphatic heterocycles. The van der Waals surface area contributed by atoms with Crippen LogP contribution in [0.4, 0.5) is 17.2 Å². The summed E-state index contributed by atoms with van der Waals surface area (Å²) in [4.78, 5) is 31.0. The normalized spacial score (nSPS) is 14.6. The minimum Gasteiger partial charge on any atom is -0.393 e. The second-order valence-electron chi connectivity index (χ2n) is 8.06. The highest BCUT2D eigenvalue weighted by molar-refractivity contribution is 5.94. The minimum atomic E-state index is -0.212. The zero-order chi connectivity index (χ0) is 22.1. The first-order chi connectivity index (χ1) is 15.6. The number of aromatic amines is 1. The first kappa shape index (κ1) is 20.1. The van der Waals surface area contributed by atoms with E-state index in [1.807, 2.05) is 37.4 Å². The Kier molecular flexibility index (Phi) is 5.28. The summed E-state index contributed by atoms with van der Waals surface area (Å²) < 4.78 is 0. The van der Waals surface area contributed by atoms with Gasteiger partial charge in [-0.15, -0.1) is 0 Å². The van der Waals surface area contributed by atoms with Gasteiger partial charge in [0.05, 0.1) is 40.3 Å². The Bertz CT molecular complexity index is 1310. The van der Waals surface area contributed by atoms with Crippen LogP contribution in [0.3, 0.4) is 0 Å². The number of fused-ring (bicyclic) bond motifs is 1. The van der Waals surface area contributed by atoms with Crippen molar-refractivity contribution in [2.24, 2.45) is 0 Å². The van der Waals surface area contributed by atoms with Gasteiger partial charge in [-0.1, -0.05) is 0 Å². The van der Waals surface area contributed by atoms with Crippen molar-refractivity contribution in [3.05, 3.63) is 71.0 Å². The van der Waals surface area contributed by atoms with Crippen molar-refractivity contribution in [2.75, 3.05) is 23.3 Å². The maximum absolute atomic E-state index is 12.6. The Morgan fingerprint density at radius 2 is 2.00 bits per heavy atom. The highest BCUT2D eigenvalue weighted by Crippen LogP contribution is 2.30. The van der Waals surface area contributed by atoms with Crippen LogP contribution in [-0.4, -0.2) is 44.2 Å². The SMILES string of the molecule is Cc1cnccc1-c1cc(Nc2ccc(N3CCC(O)CC3)cn2)c2c(=O)[nH]ccc2n1. The molecule has 32 heavy (non-hydrogen) atoms. The van der Waals surface area contributed by atoms with Gasteiger partial charge in [0.25, 0.3) is 5.56 Å². The van der Waals surface area contributed by atoms with Gasteiger partial charge in [0.2, 0.25) is 0 Å². The molecular weight excluding hydrogens is 404 g/mol. The lowest BCUT2D eigenvalue weighted by molar-refractivity contribution is 0.145. The lowest BCUT2D eigenvalue weighted by Crippen LogP contribution is -2.35. The largest absolute Gasteiger partial charge is 0.393 e. The van der Waals surface area contributed by atoms with Gasteiger partial charge in [0.1, 0.15) is 5.82 Å². The van der Waals surface area contributed by atoms with E-state index >= 15 is 0 Å². The molecule has 1 saturated heterocycles. The summed E-state index contributed by atoms with van der Waals surface area (Å²) in [7, 11) is 0. The lowest BCUT2D eigenvalue weighted by Gasteiger charge is -2.31. The van der Waals surface area contributed by atoms with Crippen LogP contribution in [0.5, 0.6) is 0 Å². The average molecular weight is 428 g/mol. The van der Waals surface area contributed by atoms with Crippen LogP contribution in [-0.2, 0) is 0 Å². The minimum absolute atomic E-state index is 0.209. The smallest absolute Gasteiger partial charge is 0.259 e. The third-order valence-electron chi connectivity index (χ3n) is 5.87. The maximum atomic E-state index is 12.6. The van der Waals surface area contributed by atoms with E-state index in [1.165, 1.54) is 0 Å². The van der Waals surface area contributed by atoms with Gasteiger partial charge in [-0.2, -0.15) is 0 Å². The summed E-state index contributed by atoms with van der Waals surface area (Å²) in [6.45, 7) is 3.61. The summed E-state index contributed by atoms with van der Waals surface area (Å²) in [5, 5.41) is 13.5. The molecule has 0 radical (unpaired) electrons. The molecule has 0 spiro atoms. The predicted octanol–water partition coefficient (Wildman–Crippen LogP) is 3.39. The highest BCUT2D eigenvalue weighted by atomic mass is 16.3. The van der Waals surface area contributed by atoms with Gasteiger partial charge in [0, 0.05) is 37.2 Å². The van der Waals surface area contributed by atoms with Crippen molar-refractivity contribution in [2.45, 2.75) is 25.9 Å². The molecular formula is C24H24N6O2. The van der Waals surface area contributed by atoms with E-state index in [0.29, 0.717) is 22.4 Å². The first-order valence-electron chi connectivity index (χ1n) is 10.7. The van der Waals surface area contributed by atoms with Gasteiger partial charge < -0.3 is 20.3 Å². The molecule has 0 amide bonds. The quantitative estimate of drug-likeness (QED) is 0.457. The molecule has 4 aromatic heterocycles. The van der Waals surface area contributed by atoms with Crippen LogP contribution in [0, 0.1) is 6.92 Å². The van der Waals surface area contributed by atoms with E-state index in [2.05, 4.69) is 25.2 Å². The fourth-order valence-electron chi connectivity index (χ4n) is 4.10. The van der Waals surface area contributed by atoms with E-state index in [0.717, 1.165) is 48.4 Å². The summed E-state index contributed by atoms with van der Waals surface area (Å²) in [5.41, 5.74) is 4.78. The van der Waals surface area contributed by atoms with Gasteiger partial charge >= 0.3 is 0 Å². The zero-order valence-corrected chi connectivity index (χ0v) is 17.7. The van der Waals surface area contributed by atoms with Crippen LogP contribution >= 0.6 is 0 Å². The number of nitrogens with one attached hydrogen (secondary N) is 2. The molecule has 4 aromatic rings. The highest BCUT2D eigenvalue weighted by Gasteiger charge is 2.18. The Hall–Kier alpha value is -3.78. The number of piperidine rings is 1. The maximum Gasteiger partial charge on any atom is 0.259 e. The van der Waals surface area contributed by atoms with Crippen molar-refractivity contribution in [3.63, 3.8) is 0 Å². The Morgan fingerprint density at radius 3 is 2.75 bits per heavy atom.